The summed E-state index contributed by atoms with van der Waals surface area (Å²) in [6.45, 7) is 3.73. The molecular formula is C17H14N6OS. The van der Waals surface area contributed by atoms with E-state index < -0.39 is 0 Å². The Hall–Kier alpha value is -3.13. The lowest BCUT2D eigenvalue weighted by molar-refractivity contribution is 0.103. The Morgan fingerprint density at radius 3 is 2.88 bits per heavy atom. The zero-order valence-electron chi connectivity index (χ0n) is 13.6. The molecule has 3 heterocycles. The summed E-state index contributed by atoms with van der Waals surface area (Å²) in [6.07, 6.45) is 1.55. The molecule has 1 aromatic carbocycles. The summed E-state index contributed by atoms with van der Waals surface area (Å²) in [4.78, 5) is 17.4. The monoisotopic (exact) mass is 350 g/mol. The molecule has 0 aliphatic carbocycles. The Balaban J connectivity index is 1.62. The summed E-state index contributed by atoms with van der Waals surface area (Å²) in [7, 11) is 0. The second-order valence-corrected chi connectivity index (χ2v) is 6.74. The highest BCUT2D eigenvalue weighted by atomic mass is 32.1. The van der Waals surface area contributed by atoms with E-state index in [9.17, 15) is 4.79 Å². The molecule has 0 aliphatic heterocycles. The summed E-state index contributed by atoms with van der Waals surface area (Å²) in [5.41, 5.74) is 3.80. The molecule has 8 heteroatoms. The molecule has 124 valence electrons. The molecule has 0 spiro atoms. The molecule has 0 saturated heterocycles. The van der Waals surface area contributed by atoms with Crippen LogP contribution in [0.1, 0.15) is 20.4 Å². The third kappa shape index (κ3) is 2.99. The zero-order chi connectivity index (χ0) is 17.4. The van der Waals surface area contributed by atoms with Crippen LogP contribution in [0.4, 0.5) is 5.69 Å². The lowest BCUT2D eigenvalue weighted by Crippen LogP contribution is -2.11. The molecule has 0 unspecified atom stereocenters. The van der Waals surface area contributed by atoms with E-state index in [1.807, 2.05) is 50.2 Å². The van der Waals surface area contributed by atoms with Crippen LogP contribution in [0.15, 0.2) is 42.7 Å². The van der Waals surface area contributed by atoms with Gasteiger partial charge in [0.1, 0.15) is 11.2 Å². The molecule has 4 aromatic rings. The third-order valence-corrected chi connectivity index (χ3v) is 4.76. The van der Waals surface area contributed by atoms with Gasteiger partial charge >= 0.3 is 0 Å². The third-order valence-electron chi connectivity index (χ3n) is 3.69. The van der Waals surface area contributed by atoms with Gasteiger partial charge in [-0.15, -0.1) is 21.5 Å². The van der Waals surface area contributed by atoms with Crippen LogP contribution in [0, 0.1) is 13.8 Å². The first-order chi connectivity index (χ1) is 12.1. The molecule has 1 N–H and O–H groups in total. The number of carbonyl (C=O) groups is 1. The van der Waals surface area contributed by atoms with Crippen molar-refractivity contribution in [3.8, 4) is 11.3 Å². The average molecular weight is 350 g/mol. The Kier molecular flexibility index (Phi) is 3.73. The maximum absolute atomic E-state index is 12.5. The minimum atomic E-state index is -0.150. The summed E-state index contributed by atoms with van der Waals surface area (Å²) >= 11 is 1.39. The van der Waals surface area contributed by atoms with Crippen LogP contribution in [0.25, 0.3) is 16.9 Å². The van der Waals surface area contributed by atoms with Gasteiger partial charge in [0.25, 0.3) is 5.91 Å². The van der Waals surface area contributed by atoms with Gasteiger partial charge in [-0.3, -0.25) is 4.79 Å². The number of nitrogens with zero attached hydrogens (tertiary/aromatic N) is 5. The van der Waals surface area contributed by atoms with Crippen molar-refractivity contribution in [1.82, 2.24) is 24.8 Å². The number of hydrogen-bond donors (Lipinski definition) is 1. The van der Waals surface area contributed by atoms with Crippen molar-refractivity contribution in [3.05, 3.63) is 58.3 Å². The molecule has 0 fully saturated rings. The standard InChI is InChI=1S/C17H14N6OS/c1-10-16(25-11(2)19-10)17(24)20-13-5-3-4-12(8-13)14-6-7-15-21-18-9-23(15)22-14/h3-9H,1-2H3,(H,20,24). The fraction of sp³-hybridized carbons (Fsp3) is 0.118. The van der Waals surface area contributed by atoms with Gasteiger partial charge in [-0.25, -0.2) is 4.98 Å². The van der Waals surface area contributed by atoms with Crippen molar-refractivity contribution in [2.24, 2.45) is 0 Å². The molecule has 0 saturated carbocycles. The van der Waals surface area contributed by atoms with Crippen molar-refractivity contribution >= 4 is 28.6 Å². The minimum absolute atomic E-state index is 0.150. The highest BCUT2D eigenvalue weighted by Crippen LogP contribution is 2.23. The van der Waals surface area contributed by atoms with Crippen LogP contribution < -0.4 is 5.32 Å². The number of rotatable bonds is 3. The van der Waals surface area contributed by atoms with E-state index in [1.54, 1.807) is 10.8 Å². The van der Waals surface area contributed by atoms with Crippen molar-refractivity contribution in [1.29, 1.82) is 0 Å². The molecule has 7 nitrogen and oxygen atoms in total. The van der Waals surface area contributed by atoms with Gasteiger partial charge in [0, 0.05) is 11.3 Å². The first-order valence-electron chi connectivity index (χ1n) is 7.63. The highest BCUT2D eigenvalue weighted by molar-refractivity contribution is 7.13. The highest BCUT2D eigenvalue weighted by Gasteiger charge is 2.14. The second kappa shape index (κ2) is 6.06. The maximum Gasteiger partial charge on any atom is 0.267 e. The fourth-order valence-corrected chi connectivity index (χ4v) is 3.38. The van der Waals surface area contributed by atoms with E-state index in [0.29, 0.717) is 16.2 Å². The number of nitrogens with one attached hydrogen (secondary N) is 1. The van der Waals surface area contributed by atoms with Gasteiger partial charge in [-0.2, -0.15) is 9.61 Å². The minimum Gasteiger partial charge on any atom is -0.321 e. The molecule has 4 rings (SSSR count). The van der Waals surface area contributed by atoms with E-state index in [4.69, 9.17) is 0 Å². The number of hydrogen-bond acceptors (Lipinski definition) is 6. The lowest BCUT2D eigenvalue weighted by Gasteiger charge is -2.07. The van der Waals surface area contributed by atoms with E-state index >= 15 is 0 Å². The van der Waals surface area contributed by atoms with Crippen LogP contribution >= 0.6 is 11.3 Å². The van der Waals surface area contributed by atoms with Crippen LogP contribution in [0.2, 0.25) is 0 Å². The fourth-order valence-electron chi connectivity index (χ4n) is 2.57. The molecule has 0 atom stereocenters. The van der Waals surface area contributed by atoms with Gasteiger partial charge < -0.3 is 5.32 Å². The van der Waals surface area contributed by atoms with Crippen LogP contribution in [0.5, 0.6) is 0 Å². The Labute approximate surface area is 147 Å². The van der Waals surface area contributed by atoms with Crippen LogP contribution in [-0.4, -0.2) is 30.7 Å². The molecule has 25 heavy (non-hydrogen) atoms. The number of thiazole rings is 1. The normalized spacial score (nSPS) is 11.0. The Bertz CT molecular complexity index is 1080. The first-order valence-corrected chi connectivity index (χ1v) is 8.45. The molecule has 0 aliphatic rings. The quantitative estimate of drug-likeness (QED) is 0.613. The van der Waals surface area contributed by atoms with Crippen LogP contribution in [-0.2, 0) is 0 Å². The topological polar surface area (TPSA) is 85.1 Å². The van der Waals surface area contributed by atoms with E-state index in [1.165, 1.54) is 11.3 Å². The molecule has 0 bridgehead atoms. The number of aromatic nitrogens is 5. The maximum atomic E-state index is 12.5. The van der Waals surface area contributed by atoms with Crippen LogP contribution in [0.3, 0.4) is 0 Å². The Morgan fingerprint density at radius 2 is 2.08 bits per heavy atom. The lowest BCUT2D eigenvalue weighted by atomic mass is 10.1. The first kappa shape index (κ1) is 15.4. The van der Waals surface area contributed by atoms with Gasteiger partial charge in [0.15, 0.2) is 5.65 Å². The van der Waals surface area contributed by atoms with Crippen molar-refractivity contribution in [2.75, 3.05) is 5.32 Å². The zero-order valence-corrected chi connectivity index (χ0v) is 14.4. The second-order valence-electron chi connectivity index (χ2n) is 5.53. The van der Waals surface area contributed by atoms with E-state index in [0.717, 1.165) is 22.0 Å². The summed E-state index contributed by atoms with van der Waals surface area (Å²) in [6, 6.07) is 11.3. The number of aryl methyl sites for hydroxylation is 2. The number of benzene rings is 1. The number of anilines is 1. The summed E-state index contributed by atoms with van der Waals surface area (Å²) in [5, 5.41) is 16.0. The SMILES string of the molecule is Cc1nc(C)c(C(=O)Nc2cccc(-c3ccc4nncn4n3)c2)s1. The summed E-state index contributed by atoms with van der Waals surface area (Å²) in [5.74, 6) is -0.150. The van der Waals surface area contributed by atoms with Gasteiger partial charge in [-0.1, -0.05) is 12.1 Å². The molecular weight excluding hydrogens is 336 g/mol. The van der Waals surface area contributed by atoms with Gasteiger partial charge in [0.2, 0.25) is 0 Å². The molecule has 0 radical (unpaired) electrons. The smallest absolute Gasteiger partial charge is 0.267 e. The van der Waals surface area contributed by atoms with Crippen molar-refractivity contribution < 1.29 is 4.79 Å². The van der Waals surface area contributed by atoms with Crippen molar-refractivity contribution in [2.45, 2.75) is 13.8 Å². The molecule has 1 amide bonds. The predicted molar refractivity (Wildman–Crippen MR) is 95.8 cm³/mol. The van der Waals surface area contributed by atoms with E-state index in [2.05, 4.69) is 25.6 Å². The number of fused-ring (bicyclic) bond motifs is 1. The van der Waals surface area contributed by atoms with Gasteiger partial charge in [0.05, 0.1) is 16.4 Å². The average Bonchev–Trinajstić information content (AvgIpc) is 3.20. The molecule has 3 aromatic heterocycles. The largest absolute Gasteiger partial charge is 0.321 e. The predicted octanol–water partition coefficient (Wildman–Crippen LogP) is 3.12. The summed E-state index contributed by atoms with van der Waals surface area (Å²) < 4.78 is 1.62. The van der Waals surface area contributed by atoms with E-state index in [-0.39, 0.29) is 5.91 Å². The number of carbonyl (C=O) groups excluding carboxylic acids is 1. The Morgan fingerprint density at radius 1 is 1.20 bits per heavy atom. The van der Waals surface area contributed by atoms with Gasteiger partial charge in [-0.05, 0) is 38.1 Å². The van der Waals surface area contributed by atoms with Crippen molar-refractivity contribution in [3.63, 3.8) is 0 Å². The number of amides is 1.